The Labute approximate surface area is 291 Å². The molecule has 14 nitrogen and oxygen atoms in total. The van der Waals surface area contributed by atoms with Crippen molar-refractivity contribution in [3.63, 3.8) is 0 Å². The van der Waals surface area contributed by atoms with Gasteiger partial charge in [0.1, 0.15) is 11.5 Å². The number of nitrogens with one attached hydrogen (secondary N) is 2. The Morgan fingerprint density at radius 3 is 1.42 bits per heavy atom. The fraction of sp³-hybridized carbons (Fsp3) is 0.278. The van der Waals surface area contributed by atoms with E-state index in [0.29, 0.717) is 23.7 Å². The van der Waals surface area contributed by atoms with E-state index in [1.54, 1.807) is 40.1 Å². The monoisotopic (exact) mass is 678 g/mol. The number of anilines is 4. The highest BCUT2D eigenvalue weighted by molar-refractivity contribution is 5.63. The molecule has 0 bridgehead atoms. The summed E-state index contributed by atoms with van der Waals surface area (Å²) >= 11 is 0. The van der Waals surface area contributed by atoms with Crippen molar-refractivity contribution in [2.45, 2.75) is 47.6 Å². The average Bonchev–Trinajstić information content (AvgIpc) is 3.71. The summed E-state index contributed by atoms with van der Waals surface area (Å²) < 4.78 is 25.7. The van der Waals surface area contributed by atoms with Gasteiger partial charge in [-0.05, 0) is 65.8 Å². The topological polar surface area (TPSA) is 148 Å². The first-order valence-corrected chi connectivity index (χ1v) is 15.9. The van der Waals surface area contributed by atoms with Crippen molar-refractivity contribution in [2.75, 3.05) is 32.0 Å². The summed E-state index contributed by atoms with van der Waals surface area (Å²) in [6.07, 6.45) is 7.47. The number of hydrogen-bond donors (Lipinski definition) is 2. The lowest BCUT2D eigenvalue weighted by atomic mass is 10.2. The van der Waals surface area contributed by atoms with E-state index in [0.717, 1.165) is 57.0 Å². The minimum atomic E-state index is 0.0511. The van der Waals surface area contributed by atoms with Crippen molar-refractivity contribution in [1.29, 1.82) is 0 Å². The maximum absolute atomic E-state index is 5.67. The van der Waals surface area contributed by atoms with Crippen molar-refractivity contribution in [3.8, 4) is 34.6 Å². The van der Waals surface area contributed by atoms with Crippen LogP contribution in [0.25, 0.3) is 11.4 Å². The molecule has 0 aliphatic rings. The molecule has 4 heterocycles. The van der Waals surface area contributed by atoms with Gasteiger partial charge in [0, 0.05) is 59.4 Å². The number of nitrogens with zero attached hydrogens (tertiary/aromatic N) is 8. The predicted molar refractivity (Wildman–Crippen MR) is 192 cm³/mol. The summed E-state index contributed by atoms with van der Waals surface area (Å²) in [5.41, 5.74) is 7.00. The molecule has 6 rings (SSSR count). The first-order valence-electron chi connectivity index (χ1n) is 15.9. The van der Waals surface area contributed by atoms with Gasteiger partial charge in [-0.25, -0.2) is 19.9 Å². The Morgan fingerprint density at radius 1 is 0.560 bits per heavy atom. The Balaban J connectivity index is 0.000000195. The maximum Gasteiger partial charge on any atom is 0.230 e. The lowest BCUT2D eigenvalue weighted by Gasteiger charge is -2.13. The van der Waals surface area contributed by atoms with Gasteiger partial charge in [-0.3, -0.25) is 0 Å². The summed E-state index contributed by atoms with van der Waals surface area (Å²) in [6, 6.07) is 15.2. The summed E-state index contributed by atoms with van der Waals surface area (Å²) in [5.74, 6) is 3.46. The zero-order chi connectivity index (χ0) is 35.8. The molecule has 260 valence electrons. The standard InChI is InChI=1S/C19H23N5O2.C17H19N5O2/c1-12(2)26-18-8-13(3)21-19(23-18)22-15-6-7-16(17(9-15)25-5)24-10-14(4)20-11-24;1-11-7-16(24-4)21-17(19-11)20-13-5-6-14(15(8-13)23-3)22-9-12(2)18-10-22/h6-12H,1-5H3,(H,21,22,23);5-10H,1-4H3,(H,19,20,21). The lowest BCUT2D eigenvalue weighted by Crippen LogP contribution is -2.09. The molecule has 2 aromatic carbocycles. The fourth-order valence-corrected chi connectivity index (χ4v) is 4.90. The normalized spacial score (nSPS) is 10.7. The third-order valence-electron chi connectivity index (χ3n) is 7.08. The summed E-state index contributed by atoms with van der Waals surface area (Å²) in [5, 5.41) is 6.38. The van der Waals surface area contributed by atoms with Gasteiger partial charge in [-0.2, -0.15) is 9.97 Å². The molecule has 50 heavy (non-hydrogen) atoms. The SMILES string of the molecule is COc1cc(C)nc(Nc2ccc(-n3cnc(C)c3)c(OC)c2)n1.COc1cc(Nc2nc(C)cc(OC(C)C)n2)ccc1-n1cnc(C)c1. The van der Waals surface area contributed by atoms with Gasteiger partial charge >= 0.3 is 0 Å². The highest BCUT2D eigenvalue weighted by Gasteiger charge is 2.11. The quantitative estimate of drug-likeness (QED) is 0.147. The summed E-state index contributed by atoms with van der Waals surface area (Å²) in [7, 11) is 4.86. The van der Waals surface area contributed by atoms with Crippen molar-refractivity contribution in [3.05, 3.63) is 96.4 Å². The first-order chi connectivity index (χ1) is 24.0. The number of aromatic nitrogens is 8. The van der Waals surface area contributed by atoms with Gasteiger partial charge < -0.3 is 38.7 Å². The molecule has 0 amide bonds. The largest absolute Gasteiger partial charge is 0.494 e. The fourth-order valence-electron chi connectivity index (χ4n) is 4.90. The number of hydrogen-bond acceptors (Lipinski definition) is 12. The van der Waals surface area contributed by atoms with Crippen LogP contribution in [-0.4, -0.2) is 66.5 Å². The van der Waals surface area contributed by atoms with E-state index in [1.807, 2.05) is 106 Å². The van der Waals surface area contributed by atoms with Crippen molar-refractivity contribution >= 4 is 23.3 Å². The van der Waals surface area contributed by atoms with E-state index < -0.39 is 0 Å². The van der Waals surface area contributed by atoms with E-state index in [-0.39, 0.29) is 6.10 Å². The number of benzene rings is 2. The van der Waals surface area contributed by atoms with Crippen molar-refractivity contribution < 1.29 is 18.9 Å². The molecular weight excluding hydrogens is 636 g/mol. The smallest absolute Gasteiger partial charge is 0.230 e. The van der Waals surface area contributed by atoms with Gasteiger partial charge in [0.05, 0.1) is 62.9 Å². The van der Waals surface area contributed by atoms with Crippen LogP contribution in [0.1, 0.15) is 36.6 Å². The average molecular weight is 679 g/mol. The zero-order valence-corrected chi connectivity index (χ0v) is 29.7. The minimum Gasteiger partial charge on any atom is -0.494 e. The van der Waals surface area contributed by atoms with Gasteiger partial charge in [0.15, 0.2) is 0 Å². The molecule has 4 aromatic heterocycles. The van der Waals surface area contributed by atoms with Crippen LogP contribution < -0.4 is 29.6 Å². The van der Waals surface area contributed by atoms with Crippen LogP contribution in [0, 0.1) is 27.7 Å². The van der Waals surface area contributed by atoms with E-state index >= 15 is 0 Å². The molecular formula is C36H42N10O4. The molecule has 0 saturated carbocycles. The summed E-state index contributed by atoms with van der Waals surface area (Å²) in [6.45, 7) is 11.6. The van der Waals surface area contributed by atoms with E-state index in [1.165, 1.54) is 0 Å². The van der Waals surface area contributed by atoms with Gasteiger partial charge in [0.25, 0.3) is 0 Å². The van der Waals surface area contributed by atoms with E-state index in [4.69, 9.17) is 18.9 Å². The first kappa shape index (κ1) is 35.1. The molecule has 14 heteroatoms. The predicted octanol–water partition coefficient (Wildman–Crippen LogP) is 6.86. The molecule has 0 radical (unpaired) electrons. The van der Waals surface area contributed by atoms with Crippen LogP contribution >= 0.6 is 0 Å². The molecule has 0 atom stereocenters. The maximum atomic E-state index is 5.67. The second kappa shape index (κ2) is 15.8. The second-order valence-corrected chi connectivity index (χ2v) is 11.6. The van der Waals surface area contributed by atoms with E-state index in [9.17, 15) is 0 Å². The molecule has 6 aromatic rings. The van der Waals surface area contributed by atoms with Crippen molar-refractivity contribution in [2.24, 2.45) is 0 Å². The molecule has 0 unspecified atom stereocenters. The number of ether oxygens (including phenoxy) is 4. The molecule has 0 spiro atoms. The molecule has 0 saturated heterocycles. The van der Waals surface area contributed by atoms with Crippen LogP contribution in [0.3, 0.4) is 0 Å². The highest BCUT2D eigenvalue weighted by Crippen LogP contribution is 2.30. The van der Waals surface area contributed by atoms with Crippen LogP contribution in [0.5, 0.6) is 23.3 Å². The number of aryl methyl sites for hydroxylation is 4. The highest BCUT2D eigenvalue weighted by atomic mass is 16.5. The van der Waals surface area contributed by atoms with E-state index in [2.05, 4.69) is 40.5 Å². The van der Waals surface area contributed by atoms with Gasteiger partial charge in [-0.15, -0.1) is 0 Å². The minimum absolute atomic E-state index is 0.0511. The third kappa shape index (κ3) is 9.04. The number of methoxy groups -OCH3 is 3. The van der Waals surface area contributed by atoms with Gasteiger partial charge in [0.2, 0.25) is 23.7 Å². The van der Waals surface area contributed by atoms with Gasteiger partial charge in [-0.1, -0.05) is 0 Å². The Bertz CT molecular complexity index is 2060. The molecule has 2 N–H and O–H groups in total. The van der Waals surface area contributed by atoms with Crippen LogP contribution in [0.2, 0.25) is 0 Å². The summed E-state index contributed by atoms with van der Waals surface area (Å²) in [4.78, 5) is 26.0. The van der Waals surface area contributed by atoms with Crippen LogP contribution in [0.15, 0.2) is 73.6 Å². The van der Waals surface area contributed by atoms with Crippen LogP contribution in [0.4, 0.5) is 23.3 Å². The molecule has 0 fully saturated rings. The lowest BCUT2D eigenvalue weighted by molar-refractivity contribution is 0.232. The zero-order valence-electron chi connectivity index (χ0n) is 29.7. The Kier molecular flexibility index (Phi) is 11.1. The number of rotatable bonds is 11. The Hall–Kier alpha value is -6.18. The molecule has 0 aliphatic carbocycles. The second-order valence-electron chi connectivity index (χ2n) is 11.6. The number of imidazole rings is 2. The molecule has 0 aliphatic heterocycles. The van der Waals surface area contributed by atoms with Crippen LogP contribution in [-0.2, 0) is 0 Å². The third-order valence-corrected chi connectivity index (χ3v) is 7.08. The Morgan fingerprint density at radius 2 is 1.02 bits per heavy atom. The van der Waals surface area contributed by atoms with Crippen molar-refractivity contribution in [1.82, 2.24) is 39.0 Å².